The van der Waals surface area contributed by atoms with Crippen LogP contribution in [-0.2, 0) is 6.54 Å². The number of phenols is 1. The van der Waals surface area contributed by atoms with Crippen LogP contribution in [0.3, 0.4) is 0 Å². The Morgan fingerprint density at radius 1 is 1.29 bits per heavy atom. The lowest BCUT2D eigenvalue weighted by Crippen LogP contribution is -2.04. The molecule has 0 aliphatic rings. The topological polar surface area (TPSA) is 64.1 Å². The molecule has 1 heterocycles. The molecule has 0 amide bonds. The number of benzene rings is 1. The summed E-state index contributed by atoms with van der Waals surface area (Å²) in [6.07, 6.45) is 3.74. The molecule has 0 saturated carbocycles. The molecule has 0 fully saturated rings. The first-order valence-corrected chi connectivity index (χ1v) is 6.40. The highest BCUT2D eigenvalue weighted by Crippen LogP contribution is 2.17. The number of imidazole rings is 1. The number of nitrogens with two attached hydrogens (primary N) is 1. The fraction of sp³-hybridized carbons (Fsp3) is 0.250. The SMILES string of the molecule is NCCSc1nccn1Cc1ccc(O)cc1. The second kappa shape index (κ2) is 5.75. The number of thioether (sulfide) groups is 1. The van der Waals surface area contributed by atoms with E-state index in [9.17, 15) is 5.11 Å². The number of nitrogens with zero attached hydrogens (tertiary/aromatic N) is 2. The first-order chi connectivity index (χ1) is 8.29. The molecular weight excluding hydrogens is 234 g/mol. The van der Waals surface area contributed by atoms with Crippen molar-refractivity contribution in [3.8, 4) is 5.75 Å². The highest BCUT2D eigenvalue weighted by Gasteiger charge is 2.03. The molecule has 3 N–H and O–H groups in total. The zero-order valence-corrected chi connectivity index (χ0v) is 10.2. The van der Waals surface area contributed by atoms with E-state index in [1.54, 1.807) is 30.1 Å². The van der Waals surface area contributed by atoms with Crippen LogP contribution in [0, 0.1) is 0 Å². The Morgan fingerprint density at radius 2 is 2.06 bits per heavy atom. The third kappa shape index (κ3) is 3.25. The molecule has 5 heteroatoms. The molecule has 0 aliphatic carbocycles. The van der Waals surface area contributed by atoms with Crippen LogP contribution < -0.4 is 5.73 Å². The number of aromatic hydroxyl groups is 1. The van der Waals surface area contributed by atoms with Gasteiger partial charge in [-0.1, -0.05) is 23.9 Å². The van der Waals surface area contributed by atoms with E-state index in [-0.39, 0.29) is 5.75 Å². The Morgan fingerprint density at radius 3 is 2.76 bits per heavy atom. The van der Waals surface area contributed by atoms with Gasteiger partial charge in [-0.2, -0.15) is 0 Å². The minimum atomic E-state index is 0.289. The number of hydrogen-bond donors (Lipinski definition) is 2. The van der Waals surface area contributed by atoms with E-state index in [1.165, 1.54) is 0 Å². The second-order valence-electron chi connectivity index (χ2n) is 3.64. The normalized spacial score (nSPS) is 10.6. The average Bonchev–Trinajstić information content (AvgIpc) is 2.77. The van der Waals surface area contributed by atoms with Crippen LogP contribution in [0.15, 0.2) is 41.8 Å². The molecule has 0 radical (unpaired) electrons. The maximum atomic E-state index is 9.22. The first kappa shape index (κ1) is 12.0. The van der Waals surface area contributed by atoms with Crippen molar-refractivity contribution >= 4 is 11.8 Å². The third-order valence-electron chi connectivity index (χ3n) is 2.32. The molecule has 4 nitrogen and oxygen atoms in total. The number of phenolic OH excluding ortho intramolecular Hbond substituents is 1. The van der Waals surface area contributed by atoms with Crippen molar-refractivity contribution in [1.29, 1.82) is 0 Å². The molecule has 90 valence electrons. The highest BCUT2D eigenvalue weighted by molar-refractivity contribution is 7.99. The summed E-state index contributed by atoms with van der Waals surface area (Å²) in [6, 6.07) is 7.21. The number of hydrogen-bond acceptors (Lipinski definition) is 4. The smallest absolute Gasteiger partial charge is 0.168 e. The molecule has 0 saturated heterocycles. The van der Waals surface area contributed by atoms with E-state index in [2.05, 4.69) is 9.55 Å². The van der Waals surface area contributed by atoms with Gasteiger partial charge >= 0.3 is 0 Å². The molecule has 0 spiro atoms. The van der Waals surface area contributed by atoms with Crippen molar-refractivity contribution in [3.05, 3.63) is 42.2 Å². The van der Waals surface area contributed by atoms with E-state index < -0.39 is 0 Å². The molecular formula is C12H15N3OS. The summed E-state index contributed by atoms with van der Waals surface area (Å²) in [5.74, 6) is 1.16. The van der Waals surface area contributed by atoms with Crippen LogP contribution >= 0.6 is 11.8 Å². The Balaban J connectivity index is 2.07. The van der Waals surface area contributed by atoms with Gasteiger partial charge in [-0.25, -0.2) is 4.98 Å². The molecule has 0 unspecified atom stereocenters. The van der Waals surface area contributed by atoms with Crippen molar-refractivity contribution in [2.24, 2.45) is 5.73 Å². The van der Waals surface area contributed by atoms with Crippen LogP contribution in [0.25, 0.3) is 0 Å². The van der Waals surface area contributed by atoms with Crippen molar-refractivity contribution in [3.63, 3.8) is 0 Å². The van der Waals surface area contributed by atoms with Gasteiger partial charge in [0.25, 0.3) is 0 Å². The van der Waals surface area contributed by atoms with Crippen molar-refractivity contribution < 1.29 is 5.11 Å². The molecule has 0 bridgehead atoms. The predicted molar refractivity (Wildman–Crippen MR) is 69.2 cm³/mol. The van der Waals surface area contributed by atoms with Gasteiger partial charge in [0.05, 0.1) is 0 Å². The van der Waals surface area contributed by atoms with Crippen LogP contribution in [0.1, 0.15) is 5.56 Å². The average molecular weight is 249 g/mol. The van der Waals surface area contributed by atoms with Gasteiger partial charge < -0.3 is 15.4 Å². The van der Waals surface area contributed by atoms with E-state index in [1.807, 2.05) is 18.3 Å². The minimum Gasteiger partial charge on any atom is -0.508 e. The fourth-order valence-electron chi connectivity index (χ4n) is 1.50. The van der Waals surface area contributed by atoms with Gasteiger partial charge in [0.15, 0.2) is 5.16 Å². The highest BCUT2D eigenvalue weighted by atomic mass is 32.2. The maximum absolute atomic E-state index is 9.22. The van der Waals surface area contributed by atoms with E-state index in [0.717, 1.165) is 23.0 Å². The summed E-state index contributed by atoms with van der Waals surface area (Å²) in [5.41, 5.74) is 6.61. The van der Waals surface area contributed by atoms with E-state index in [4.69, 9.17) is 5.73 Å². The predicted octanol–water partition coefficient (Wildman–Crippen LogP) is 1.69. The summed E-state index contributed by atoms with van der Waals surface area (Å²) in [5, 5.41) is 10.2. The van der Waals surface area contributed by atoms with Gasteiger partial charge in [-0.3, -0.25) is 0 Å². The standard InChI is InChI=1S/C12H15N3OS/c13-5-8-17-12-14-6-7-15(12)9-10-1-3-11(16)4-2-10/h1-4,6-7,16H,5,8-9,13H2. The summed E-state index contributed by atoms with van der Waals surface area (Å²) in [6.45, 7) is 1.41. The summed E-state index contributed by atoms with van der Waals surface area (Å²) in [7, 11) is 0. The zero-order valence-electron chi connectivity index (χ0n) is 9.41. The maximum Gasteiger partial charge on any atom is 0.168 e. The monoisotopic (exact) mass is 249 g/mol. The summed E-state index contributed by atoms with van der Waals surface area (Å²) < 4.78 is 2.08. The van der Waals surface area contributed by atoms with E-state index >= 15 is 0 Å². The molecule has 1 aromatic heterocycles. The molecule has 1 aromatic carbocycles. The Hall–Kier alpha value is -1.46. The van der Waals surface area contributed by atoms with Crippen molar-refractivity contribution in [2.75, 3.05) is 12.3 Å². The summed E-state index contributed by atoms with van der Waals surface area (Å²) in [4.78, 5) is 4.29. The van der Waals surface area contributed by atoms with Gasteiger partial charge in [-0.05, 0) is 17.7 Å². The number of rotatable bonds is 5. The molecule has 2 aromatic rings. The van der Waals surface area contributed by atoms with Gasteiger partial charge in [0.2, 0.25) is 0 Å². The lowest BCUT2D eigenvalue weighted by Gasteiger charge is -2.07. The third-order valence-corrected chi connectivity index (χ3v) is 3.35. The van der Waals surface area contributed by atoms with Crippen molar-refractivity contribution in [1.82, 2.24) is 9.55 Å². The number of aromatic nitrogens is 2. The minimum absolute atomic E-state index is 0.289. The van der Waals surface area contributed by atoms with E-state index in [0.29, 0.717) is 6.54 Å². The lowest BCUT2D eigenvalue weighted by molar-refractivity contribution is 0.475. The summed E-state index contributed by atoms with van der Waals surface area (Å²) >= 11 is 1.65. The van der Waals surface area contributed by atoms with Gasteiger partial charge in [0.1, 0.15) is 5.75 Å². The fourth-order valence-corrected chi connectivity index (χ4v) is 2.23. The zero-order chi connectivity index (χ0) is 12.1. The molecule has 2 rings (SSSR count). The Bertz CT molecular complexity index is 467. The first-order valence-electron chi connectivity index (χ1n) is 5.41. The van der Waals surface area contributed by atoms with Crippen LogP contribution in [0.4, 0.5) is 0 Å². The van der Waals surface area contributed by atoms with Gasteiger partial charge in [-0.15, -0.1) is 0 Å². The Labute approximate surface area is 104 Å². The molecule has 17 heavy (non-hydrogen) atoms. The second-order valence-corrected chi connectivity index (χ2v) is 4.70. The lowest BCUT2D eigenvalue weighted by atomic mass is 10.2. The van der Waals surface area contributed by atoms with Crippen LogP contribution in [0.2, 0.25) is 0 Å². The quantitative estimate of drug-likeness (QED) is 0.791. The molecule has 0 atom stereocenters. The van der Waals surface area contributed by atoms with Crippen molar-refractivity contribution in [2.45, 2.75) is 11.7 Å². The Kier molecular flexibility index (Phi) is 4.06. The van der Waals surface area contributed by atoms with Crippen LogP contribution in [0.5, 0.6) is 5.75 Å². The van der Waals surface area contributed by atoms with Crippen LogP contribution in [-0.4, -0.2) is 27.0 Å². The largest absolute Gasteiger partial charge is 0.508 e. The molecule has 0 aliphatic heterocycles. The van der Waals surface area contributed by atoms with Gasteiger partial charge in [0, 0.05) is 31.2 Å².